The zero-order valence-electron chi connectivity index (χ0n) is 21.5. The van der Waals surface area contributed by atoms with Gasteiger partial charge >= 0.3 is 0 Å². The second-order valence-corrected chi connectivity index (χ2v) is 11.4. The highest BCUT2D eigenvalue weighted by Gasteiger charge is 2.51. The number of hydrogen-bond donors (Lipinski definition) is 0. The van der Waals surface area contributed by atoms with Crippen molar-refractivity contribution in [1.82, 2.24) is 0 Å². The van der Waals surface area contributed by atoms with Crippen molar-refractivity contribution in [2.24, 2.45) is 17.8 Å². The lowest BCUT2D eigenvalue weighted by Crippen LogP contribution is -3.00. The number of piperidine rings is 1. The molecule has 3 aliphatic rings. The Morgan fingerprint density at radius 3 is 2.05 bits per heavy atom. The predicted molar refractivity (Wildman–Crippen MR) is 141 cm³/mol. The Morgan fingerprint density at radius 1 is 0.865 bits per heavy atom. The first kappa shape index (κ1) is 26.1. The van der Waals surface area contributed by atoms with E-state index in [0.717, 1.165) is 46.5 Å². The monoisotopic (exact) mass is 606 g/mol. The second kappa shape index (κ2) is 10.7. The number of fused-ring (bicyclic) bond motifs is 3. The number of ether oxygens (including phenoxy) is 2. The molecule has 1 saturated heterocycles. The first-order valence-corrected chi connectivity index (χ1v) is 13.3. The highest BCUT2D eigenvalue weighted by Crippen LogP contribution is 2.51. The van der Waals surface area contributed by atoms with Crippen LogP contribution in [-0.4, -0.2) is 38.0 Å². The first-order valence-electron chi connectivity index (χ1n) is 13.3. The molecule has 4 nitrogen and oxygen atoms in total. The molecule has 3 aromatic carbocycles. The van der Waals surface area contributed by atoms with E-state index in [0.29, 0.717) is 24.5 Å². The van der Waals surface area contributed by atoms with Gasteiger partial charge in [-0.05, 0) is 54.0 Å². The van der Waals surface area contributed by atoms with Gasteiger partial charge in [-0.25, -0.2) is 0 Å². The summed E-state index contributed by atoms with van der Waals surface area (Å²) in [5, 5.41) is 10.7. The number of nitrogens with zero attached hydrogens (tertiary/aromatic N) is 2. The molecule has 2 bridgehead atoms. The molecule has 5 heteroatoms. The number of benzene rings is 3. The summed E-state index contributed by atoms with van der Waals surface area (Å²) in [6, 6.07) is 30.2. The van der Waals surface area contributed by atoms with Gasteiger partial charge in [0.15, 0.2) is 11.5 Å². The van der Waals surface area contributed by atoms with Gasteiger partial charge in [0, 0.05) is 18.3 Å². The summed E-state index contributed by atoms with van der Waals surface area (Å²) in [7, 11) is 2.44. The summed E-state index contributed by atoms with van der Waals surface area (Å²) >= 11 is 0. The van der Waals surface area contributed by atoms with Gasteiger partial charge in [0.1, 0.15) is 5.41 Å². The molecule has 2 unspecified atom stereocenters. The maximum atomic E-state index is 10.7. The quantitative estimate of drug-likeness (QED) is 0.307. The molecule has 1 saturated carbocycles. The molecule has 6 rings (SSSR count). The summed E-state index contributed by atoms with van der Waals surface area (Å²) in [4.78, 5) is 0. The highest BCUT2D eigenvalue weighted by molar-refractivity contribution is 5.46. The molecule has 2 aliphatic heterocycles. The Labute approximate surface area is 237 Å². The standard InChI is InChI=1S/C32H35N2O2.HI/c1-34(17-16-24-12-15-30-31(18-24)36-23-35-30)20-25-13-14-26(21-34)29(25)19-32(22-33,27-8-4-2-5-9-27)28-10-6-3-7-11-28;/h2-12,15,18,25-26,29H,13-14,16-17,19-21,23H2,1H3;1H/q+1;/p-1. The van der Waals surface area contributed by atoms with Gasteiger partial charge in [0.05, 0.1) is 32.8 Å². The van der Waals surface area contributed by atoms with Crippen LogP contribution < -0.4 is 33.5 Å². The molecule has 3 aromatic rings. The molecule has 0 N–H and O–H groups in total. The normalized spacial score (nSPS) is 25.8. The minimum absolute atomic E-state index is 0. The maximum Gasteiger partial charge on any atom is 0.231 e. The van der Waals surface area contributed by atoms with Gasteiger partial charge in [0.25, 0.3) is 0 Å². The lowest BCUT2D eigenvalue weighted by Gasteiger charge is -2.46. The lowest BCUT2D eigenvalue weighted by atomic mass is 9.66. The summed E-state index contributed by atoms with van der Waals surface area (Å²) in [6.45, 7) is 3.88. The van der Waals surface area contributed by atoms with Crippen molar-refractivity contribution in [2.45, 2.75) is 31.1 Å². The van der Waals surface area contributed by atoms with Gasteiger partial charge in [-0.15, -0.1) is 0 Å². The fraction of sp³-hybridized carbons (Fsp3) is 0.406. The van der Waals surface area contributed by atoms with E-state index < -0.39 is 5.41 Å². The molecular formula is C32H35IN2O2. The van der Waals surface area contributed by atoms with Crippen molar-refractivity contribution < 1.29 is 37.9 Å². The molecule has 0 spiro atoms. The van der Waals surface area contributed by atoms with E-state index >= 15 is 0 Å². The molecule has 1 aliphatic carbocycles. The van der Waals surface area contributed by atoms with E-state index in [9.17, 15) is 5.26 Å². The molecule has 0 amide bonds. The number of likely N-dealkylation sites (tertiary alicyclic amines) is 1. The van der Waals surface area contributed by atoms with Gasteiger partial charge in [-0.1, -0.05) is 66.7 Å². The number of hydrogen-bond acceptors (Lipinski definition) is 3. The van der Waals surface area contributed by atoms with Crippen LogP contribution in [0.3, 0.4) is 0 Å². The number of likely N-dealkylation sites (N-methyl/N-ethyl adjacent to an activating group) is 1. The van der Waals surface area contributed by atoms with Crippen LogP contribution in [0.5, 0.6) is 11.5 Å². The van der Waals surface area contributed by atoms with Gasteiger partial charge in [-0.3, -0.25) is 0 Å². The van der Waals surface area contributed by atoms with E-state index in [1.807, 2.05) is 18.2 Å². The third-order valence-corrected chi connectivity index (χ3v) is 9.11. The van der Waals surface area contributed by atoms with Crippen LogP contribution in [0.25, 0.3) is 0 Å². The van der Waals surface area contributed by atoms with Crippen LogP contribution in [-0.2, 0) is 11.8 Å². The maximum absolute atomic E-state index is 10.7. The Hall–Kier alpha value is -2.56. The van der Waals surface area contributed by atoms with Gasteiger partial charge in [-0.2, -0.15) is 5.26 Å². The van der Waals surface area contributed by atoms with E-state index in [1.54, 1.807) is 0 Å². The van der Waals surface area contributed by atoms with Crippen LogP contribution in [0, 0.1) is 29.1 Å². The predicted octanol–water partition coefficient (Wildman–Crippen LogP) is 2.96. The number of rotatable bonds is 7. The molecule has 2 atom stereocenters. The smallest absolute Gasteiger partial charge is 0.231 e. The van der Waals surface area contributed by atoms with Gasteiger partial charge < -0.3 is 37.9 Å². The number of halogens is 1. The fourth-order valence-corrected chi connectivity index (χ4v) is 7.29. The van der Waals surface area contributed by atoms with E-state index in [-0.39, 0.29) is 24.0 Å². The minimum Gasteiger partial charge on any atom is -1.00 e. The highest BCUT2D eigenvalue weighted by atomic mass is 127. The van der Waals surface area contributed by atoms with Crippen molar-refractivity contribution in [3.05, 3.63) is 95.6 Å². The summed E-state index contributed by atoms with van der Waals surface area (Å²) in [6.07, 6.45) is 4.54. The summed E-state index contributed by atoms with van der Waals surface area (Å²) in [5.74, 6) is 3.66. The van der Waals surface area contributed by atoms with Crippen LogP contribution in [0.4, 0.5) is 0 Å². The molecule has 0 aromatic heterocycles. The third kappa shape index (κ3) is 4.98. The van der Waals surface area contributed by atoms with Crippen LogP contribution in [0.15, 0.2) is 78.9 Å². The molecule has 37 heavy (non-hydrogen) atoms. The molecule has 192 valence electrons. The van der Waals surface area contributed by atoms with E-state index in [2.05, 4.69) is 73.8 Å². The van der Waals surface area contributed by atoms with Crippen molar-refractivity contribution >= 4 is 0 Å². The van der Waals surface area contributed by atoms with Crippen LogP contribution >= 0.6 is 0 Å². The number of nitriles is 1. The van der Waals surface area contributed by atoms with Gasteiger partial charge in [0.2, 0.25) is 6.79 Å². The lowest BCUT2D eigenvalue weighted by molar-refractivity contribution is -0.920. The van der Waals surface area contributed by atoms with Crippen molar-refractivity contribution in [3.8, 4) is 17.6 Å². The third-order valence-electron chi connectivity index (χ3n) is 9.11. The number of quaternary nitrogens is 1. The van der Waals surface area contributed by atoms with E-state index in [1.165, 1.54) is 31.5 Å². The van der Waals surface area contributed by atoms with E-state index in [4.69, 9.17) is 9.47 Å². The van der Waals surface area contributed by atoms with Crippen LogP contribution in [0.1, 0.15) is 36.0 Å². The van der Waals surface area contributed by atoms with Crippen molar-refractivity contribution in [1.29, 1.82) is 5.26 Å². The largest absolute Gasteiger partial charge is 1.00 e. The Balaban J connectivity index is 0.00000280. The molecule has 0 radical (unpaired) electrons. The second-order valence-electron chi connectivity index (χ2n) is 11.4. The average molecular weight is 607 g/mol. The Kier molecular flexibility index (Phi) is 7.51. The zero-order valence-corrected chi connectivity index (χ0v) is 23.6. The summed E-state index contributed by atoms with van der Waals surface area (Å²) < 4.78 is 12.2. The molecule has 2 heterocycles. The SMILES string of the molecule is C[N+]1(CCc2ccc3c(c2)OCO3)CC2CCC(C1)C2CC(C#N)(c1ccccc1)c1ccccc1.[I-]. The van der Waals surface area contributed by atoms with Crippen molar-refractivity contribution in [3.63, 3.8) is 0 Å². The van der Waals surface area contributed by atoms with Crippen molar-refractivity contribution in [2.75, 3.05) is 33.5 Å². The molecule has 2 fully saturated rings. The Morgan fingerprint density at radius 2 is 1.46 bits per heavy atom. The topological polar surface area (TPSA) is 42.2 Å². The zero-order chi connectivity index (χ0) is 24.6. The minimum atomic E-state index is -0.596. The van der Waals surface area contributed by atoms with Crippen LogP contribution in [0.2, 0.25) is 0 Å². The summed E-state index contributed by atoms with van der Waals surface area (Å²) in [5.41, 5.74) is 2.98. The average Bonchev–Trinajstić information content (AvgIpc) is 3.48. The fourth-order valence-electron chi connectivity index (χ4n) is 7.29. The Bertz CT molecular complexity index is 1200. The first-order chi connectivity index (χ1) is 17.6. The molecular weight excluding hydrogens is 571 g/mol.